The number of allylic oxidation sites excluding steroid dienone is 1. The first-order chi connectivity index (χ1) is 15.3. The normalized spacial score (nSPS) is 15.0. The number of nitrogens with two attached hydrogens (primary N) is 1. The van der Waals surface area contributed by atoms with Crippen LogP contribution in [-0.2, 0) is 6.54 Å². The van der Waals surface area contributed by atoms with Crippen LogP contribution in [0, 0.1) is 25.2 Å². The number of benzene rings is 2. The molecule has 2 aromatic carbocycles. The van der Waals surface area contributed by atoms with Crippen LogP contribution in [0.4, 0.5) is 0 Å². The van der Waals surface area contributed by atoms with Crippen molar-refractivity contribution >= 4 is 15.9 Å². The lowest BCUT2D eigenvalue weighted by molar-refractivity contribution is 0.382. The maximum atomic E-state index is 13.8. The van der Waals surface area contributed by atoms with Crippen LogP contribution >= 0.6 is 15.9 Å². The van der Waals surface area contributed by atoms with Gasteiger partial charge in [-0.15, -0.1) is 0 Å². The molecule has 0 fully saturated rings. The third kappa shape index (κ3) is 3.78. The van der Waals surface area contributed by atoms with Crippen LogP contribution in [0.2, 0.25) is 0 Å². The highest BCUT2D eigenvalue weighted by molar-refractivity contribution is 9.10. The zero-order valence-corrected chi connectivity index (χ0v) is 19.6. The fraction of sp³-hybridized carbons (Fsp3) is 0.200. The van der Waals surface area contributed by atoms with Crippen molar-refractivity contribution in [1.29, 1.82) is 5.26 Å². The van der Waals surface area contributed by atoms with E-state index in [2.05, 4.69) is 22.0 Å². The van der Waals surface area contributed by atoms with E-state index in [-0.39, 0.29) is 17.0 Å². The Bertz CT molecular complexity index is 1330. The summed E-state index contributed by atoms with van der Waals surface area (Å²) in [5.41, 5.74) is 9.98. The molecular weight excluding hydrogens is 470 g/mol. The minimum absolute atomic E-state index is 0.0119. The Morgan fingerprint density at radius 1 is 1.19 bits per heavy atom. The third-order valence-electron chi connectivity index (χ3n) is 5.65. The van der Waals surface area contributed by atoms with E-state index in [9.17, 15) is 10.1 Å². The molecule has 2 heterocycles. The van der Waals surface area contributed by atoms with Crippen LogP contribution in [0.15, 0.2) is 69.3 Å². The molecule has 4 rings (SSSR count). The van der Waals surface area contributed by atoms with E-state index in [1.54, 1.807) is 23.8 Å². The number of methoxy groups -OCH3 is 1. The highest BCUT2D eigenvalue weighted by atomic mass is 79.9. The van der Waals surface area contributed by atoms with Gasteiger partial charge in [0, 0.05) is 21.8 Å². The summed E-state index contributed by atoms with van der Waals surface area (Å²) in [5.74, 6) is 0.184. The standard InChI is InChI=1S/C25H22BrN3O3/c1-14-4-6-16(7-5-14)13-29-15(2)10-21-23(25(29)30)22(19(12-27)24(28)32-21)18-11-17(26)8-9-20(18)31-3/h4-11,22H,13,28H2,1-3H3/t22-/m0/s1. The van der Waals surface area contributed by atoms with E-state index in [0.29, 0.717) is 29.2 Å². The molecule has 0 bridgehead atoms. The number of halogens is 1. The summed E-state index contributed by atoms with van der Waals surface area (Å²) in [4.78, 5) is 13.8. The molecule has 6 nitrogen and oxygen atoms in total. The van der Waals surface area contributed by atoms with E-state index in [4.69, 9.17) is 15.2 Å². The maximum Gasteiger partial charge on any atom is 0.259 e. The summed E-state index contributed by atoms with van der Waals surface area (Å²) < 4.78 is 13.8. The first-order valence-electron chi connectivity index (χ1n) is 10.0. The SMILES string of the molecule is COc1ccc(Br)cc1[C@H]1C(C#N)=C(N)Oc2cc(C)n(Cc3ccc(C)cc3)c(=O)c21. The number of nitrogens with zero attached hydrogens (tertiary/aromatic N) is 2. The topological polar surface area (TPSA) is 90.3 Å². The summed E-state index contributed by atoms with van der Waals surface area (Å²) >= 11 is 3.48. The summed E-state index contributed by atoms with van der Waals surface area (Å²) in [6.45, 7) is 4.28. The Balaban J connectivity index is 1.96. The number of ether oxygens (including phenoxy) is 2. The largest absolute Gasteiger partial charge is 0.496 e. The summed E-state index contributed by atoms with van der Waals surface area (Å²) in [6, 6.07) is 17.5. The van der Waals surface area contributed by atoms with Crippen LogP contribution in [0.1, 0.15) is 33.9 Å². The molecule has 0 radical (unpaired) electrons. The Hall–Kier alpha value is -3.50. The van der Waals surface area contributed by atoms with Crippen LogP contribution in [-0.4, -0.2) is 11.7 Å². The van der Waals surface area contributed by atoms with Gasteiger partial charge in [0.15, 0.2) is 0 Å². The van der Waals surface area contributed by atoms with Crippen molar-refractivity contribution in [2.24, 2.45) is 5.73 Å². The van der Waals surface area contributed by atoms with Crippen molar-refractivity contribution in [3.05, 3.63) is 103 Å². The average Bonchev–Trinajstić information content (AvgIpc) is 2.77. The van der Waals surface area contributed by atoms with Crippen molar-refractivity contribution in [1.82, 2.24) is 4.57 Å². The fourth-order valence-corrected chi connectivity index (χ4v) is 4.38. The van der Waals surface area contributed by atoms with Gasteiger partial charge in [-0.05, 0) is 37.6 Å². The predicted molar refractivity (Wildman–Crippen MR) is 126 cm³/mol. The molecule has 3 aromatic rings. The number of nitriles is 1. The van der Waals surface area contributed by atoms with Crippen molar-refractivity contribution in [3.8, 4) is 17.6 Å². The van der Waals surface area contributed by atoms with Crippen molar-refractivity contribution in [3.63, 3.8) is 0 Å². The molecule has 1 aliphatic rings. The number of aryl methyl sites for hydroxylation is 2. The van der Waals surface area contributed by atoms with Crippen molar-refractivity contribution < 1.29 is 9.47 Å². The minimum Gasteiger partial charge on any atom is -0.496 e. The number of fused-ring (bicyclic) bond motifs is 1. The number of aromatic nitrogens is 1. The average molecular weight is 492 g/mol. The van der Waals surface area contributed by atoms with Gasteiger partial charge < -0.3 is 19.8 Å². The van der Waals surface area contributed by atoms with E-state index in [1.165, 1.54) is 0 Å². The quantitative estimate of drug-likeness (QED) is 0.579. The highest BCUT2D eigenvalue weighted by Gasteiger charge is 2.36. The lowest BCUT2D eigenvalue weighted by Crippen LogP contribution is -2.33. The van der Waals surface area contributed by atoms with Gasteiger partial charge in [-0.2, -0.15) is 5.26 Å². The molecule has 162 valence electrons. The van der Waals surface area contributed by atoms with Crippen LogP contribution in [0.25, 0.3) is 0 Å². The van der Waals surface area contributed by atoms with E-state index < -0.39 is 5.92 Å². The zero-order valence-electron chi connectivity index (χ0n) is 18.0. The predicted octanol–water partition coefficient (Wildman–Crippen LogP) is 4.50. The summed E-state index contributed by atoms with van der Waals surface area (Å²) in [5, 5.41) is 9.90. The lowest BCUT2D eigenvalue weighted by Gasteiger charge is -2.28. The molecule has 0 spiro atoms. The van der Waals surface area contributed by atoms with Crippen LogP contribution in [0.5, 0.6) is 11.5 Å². The van der Waals surface area contributed by atoms with Crippen LogP contribution < -0.4 is 20.8 Å². The first-order valence-corrected chi connectivity index (χ1v) is 10.8. The zero-order chi connectivity index (χ0) is 23.0. The molecular formula is C25H22BrN3O3. The smallest absolute Gasteiger partial charge is 0.259 e. The fourth-order valence-electron chi connectivity index (χ4n) is 4.00. The monoisotopic (exact) mass is 491 g/mol. The van der Waals surface area contributed by atoms with Crippen LogP contribution in [0.3, 0.4) is 0 Å². The lowest BCUT2D eigenvalue weighted by atomic mass is 9.83. The second-order valence-electron chi connectivity index (χ2n) is 7.75. The molecule has 0 unspecified atom stereocenters. The van der Waals surface area contributed by atoms with E-state index >= 15 is 0 Å². The molecule has 0 saturated heterocycles. The van der Waals surface area contributed by atoms with Crippen molar-refractivity contribution in [2.75, 3.05) is 7.11 Å². The molecule has 2 N–H and O–H groups in total. The van der Waals surface area contributed by atoms with Gasteiger partial charge in [-0.1, -0.05) is 45.8 Å². The number of rotatable bonds is 4. The summed E-state index contributed by atoms with van der Waals surface area (Å²) in [7, 11) is 1.55. The highest BCUT2D eigenvalue weighted by Crippen LogP contribution is 2.44. The first kappa shape index (κ1) is 21.7. The second kappa shape index (κ2) is 8.56. The second-order valence-corrected chi connectivity index (χ2v) is 8.67. The van der Waals surface area contributed by atoms with Gasteiger partial charge in [0.2, 0.25) is 5.88 Å². The Morgan fingerprint density at radius 2 is 1.91 bits per heavy atom. The minimum atomic E-state index is -0.714. The van der Waals surface area contributed by atoms with Gasteiger partial charge in [0.1, 0.15) is 23.1 Å². The number of hydrogen-bond acceptors (Lipinski definition) is 5. The molecule has 1 aliphatic heterocycles. The maximum absolute atomic E-state index is 13.8. The number of pyridine rings is 1. The Morgan fingerprint density at radius 3 is 2.56 bits per heavy atom. The molecule has 0 aliphatic carbocycles. The van der Waals surface area contributed by atoms with E-state index in [0.717, 1.165) is 21.3 Å². The molecule has 1 aromatic heterocycles. The molecule has 32 heavy (non-hydrogen) atoms. The van der Waals surface area contributed by atoms with E-state index in [1.807, 2.05) is 50.2 Å². The summed E-state index contributed by atoms with van der Waals surface area (Å²) in [6.07, 6.45) is 0. The third-order valence-corrected chi connectivity index (χ3v) is 6.15. The molecule has 0 saturated carbocycles. The van der Waals surface area contributed by atoms with Gasteiger partial charge >= 0.3 is 0 Å². The Labute approximate surface area is 194 Å². The van der Waals surface area contributed by atoms with Gasteiger partial charge in [-0.25, -0.2) is 0 Å². The molecule has 0 amide bonds. The van der Waals surface area contributed by atoms with Gasteiger partial charge in [0.25, 0.3) is 5.56 Å². The van der Waals surface area contributed by atoms with Gasteiger partial charge in [-0.3, -0.25) is 4.79 Å². The molecule has 1 atom stereocenters. The molecule has 7 heteroatoms. The Kier molecular flexibility index (Phi) is 5.81. The van der Waals surface area contributed by atoms with Gasteiger partial charge in [0.05, 0.1) is 25.1 Å². The number of hydrogen-bond donors (Lipinski definition) is 1. The van der Waals surface area contributed by atoms with Crippen molar-refractivity contribution in [2.45, 2.75) is 26.3 Å².